The summed E-state index contributed by atoms with van der Waals surface area (Å²) in [6, 6.07) is 5.90. The third kappa shape index (κ3) is 5.01. The standard InChI is InChI=1S/C19H26N2O3S/c1-4-21(5-2)19(25)20-18(23)17(24-13(3)22)16-11-10-14-8-6-7-9-15(14)12-16/h10-12,17H,4-9H2,1-3H3,(H,20,23,25)/t17-/m0/s1. The third-order valence-corrected chi connectivity index (χ3v) is 4.84. The normalized spacial score (nSPS) is 14.2. The van der Waals surface area contributed by atoms with Crippen LogP contribution in [0.5, 0.6) is 0 Å². The average molecular weight is 362 g/mol. The molecular formula is C19H26N2O3S. The van der Waals surface area contributed by atoms with Crippen LogP contribution in [0.3, 0.4) is 0 Å². The van der Waals surface area contributed by atoms with Gasteiger partial charge in [-0.1, -0.05) is 18.2 Å². The molecule has 0 aromatic heterocycles. The highest BCUT2D eigenvalue weighted by molar-refractivity contribution is 7.80. The zero-order chi connectivity index (χ0) is 18.4. The molecular weight excluding hydrogens is 336 g/mol. The molecule has 1 aliphatic carbocycles. The predicted octanol–water partition coefficient (Wildman–Crippen LogP) is 2.91. The molecule has 0 bridgehead atoms. The minimum absolute atomic E-state index is 0.352. The molecule has 1 aromatic rings. The van der Waals surface area contributed by atoms with Crippen LogP contribution < -0.4 is 5.32 Å². The van der Waals surface area contributed by atoms with E-state index >= 15 is 0 Å². The van der Waals surface area contributed by atoms with Gasteiger partial charge in [0.15, 0.2) is 5.11 Å². The largest absolute Gasteiger partial charge is 0.447 e. The van der Waals surface area contributed by atoms with Crippen LogP contribution in [0, 0.1) is 0 Å². The number of thiocarbonyl (C=S) groups is 1. The van der Waals surface area contributed by atoms with Crippen LogP contribution in [0.15, 0.2) is 18.2 Å². The van der Waals surface area contributed by atoms with Gasteiger partial charge in [0.2, 0.25) is 6.10 Å². The van der Waals surface area contributed by atoms with Crippen molar-refractivity contribution in [2.24, 2.45) is 0 Å². The second-order valence-electron chi connectivity index (χ2n) is 6.19. The quantitative estimate of drug-likeness (QED) is 0.645. The number of carbonyl (C=O) groups excluding carboxylic acids is 2. The van der Waals surface area contributed by atoms with Crippen molar-refractivity contribution in [2.75, 3.05) is 13.1 Å². The summed E-state index contributed by atoms with van der Waals surface area (Å²) in [5, 5.41) is 3.06. The van der Waals surface area contributed by atoms with Gasteiger partial charge in [0, 0.05) is 25.6 Å². The van der Waals surface area contributed by atoms with E-state index in [0.717, 1.165) is 19.3 Å². The van der Waals surface area contributed by atoms with Crippen LogP contribution in [-0.2, 0) is 27.2 Å². The Kier molecular flexibility index (Phi) is 6.93. The maximum atomic E-state index is 12.7. The molecule has 1 amide bonds. The molecule has 6 heteroatoms. The summed E-state index contributed by atoms with van der Waals surface area (Å²) in [4.78, 5) is 26.1. The molecule has 0 unspecified atom stereocenters. The van der Waals surface area contributed by atoms with Crippen molar-refractivity contribution in [2.45, 2.75) is 52.6 Å². The van der Waals surface area contributed by atoms with Gasteiger partial charge in [0.05, 0.1) is 0 Å². The first-order chi connectivity index (χ1) is 12.0. The number of amides is 1. The van der Waals surface area contributed by atoms with Gasteiger partial charge in [-0.15, -0.1) is 0 Å². The number of carbonyl (C=O) groups is 2. The number of esters is 1. The molecule has 5 nitrogen and oxygen atoms in total. The van der Waals surface area contributed by atoms with Crippen molar-refractivity contribution in [3.63, 3.8) is 0 Å². The fourth-order valence-corrected chi connectivity index (χ4v) is 3.47. The zero-order valence-corrected chi connectivity index (χ0v) is 15.9. The monoisotopic (exact) mass is 362 g/mol. The number of nitrogens with zero attached hydrogens (tertiary/aromatic N) is 1. The Bertz CT molecular complexity index is 656. The van der Waals surface area contributed by atoms with Crippen molar-refractivity contribution in [3.05, 3.63) is 34.9 Å². The number of fused-ring (bicyclic) bond motifs is 1. The average Bonchev–Trinajstić information content (AvgIpc) is 2.60. The summed E-state index contributed by atoms with van der Waals surface area (Å²) in [5.41, 5.74) is 3.24. The first kappa shape index (κ1) is 19.4. The van der Waals surface area contributed by atoms with E-state index < -0.39 is 18.0 Å². The number of ether oxygens (including phenoxy) is 1. The molecule has 0 radical (unpaired) electrons. The second kappa shape index (κ2) is 8.94. The highest BCUT2D eigenvalue weighted by Crippen LogP contribution is 2.26. The summed E-state index contributed by atoms with van der Waals surface area (Å²) in [6.07, 6.45) is 3.41. The van der Waals surface area contributed by atoms with E-state index in [2.05, 4.69) is 5.32 Å². The van der Waals surface area contributed by atoms with Gasteiger partial charge >= 0.3 is 5.97 Å². The molecule has 2 rings (SSSR count). The van der Waals surface area contributed by atoms with Crippen molar-refractivity contribution < 1.29 is 14.3 Å². The summed E-state index contributed by atoms with van der Waals surface area (Å²) in [5.74, 6) is -0.908. The lowest BCUT2D eigenvalue weighted by Gasteiger charge is -2.25. The fourth-order valence-electron chi connectivity index (χ4n) is 3.12. The van der Waals surface area contributed by atoms with Gasteiger partial charge in [-0.2, -0.15) is 0 Å². The van der Waals surface area contributed by atoms with E-state index in [0.29, 0.717) is 23.8 Å². The molecule has 25 heavy (non-hydrogen) atoms. The van der Waals surface area contributed by atoms with Crippen molar-refractivity contribution in [3.8, 4) is 0 Å². The van der Waals surface area contributed by atoms with Crippen LogP contribution in [0.4, 0.5) is 0 Å². The van der Waals surface area contributed by atoms with Crippen LogP contribution in [0.2, 0.25) is 0 Å². The minimum Gasteiger partial charge on any atom is -0.447 e. The Labute approximate surface area is 154 Å². The zero-order valence-electron chi connectivity index (χ0n) is 15.1. The molecule has 0 spiro atoms. The highest BCUT2D eigenvalue weighted by Gasteiger charge is 2.26. The van der Waals surface area contributed by atoms with E-state index in [9.17, 15) is 9.59 Å². The highest BCUT2D eigenvalue weighted by atomic mass is 32.1. The van der Waals surface area contributed by atoms with Crippen LogP contribution in [0.25, 0.3) is 0 Å². The van der Waals surface area contributed by atoms with E-state index in [-0.39, 0.29) is 0 Å². The van der Waals surface area contributed by atoms with E-state index in [1.165, 1.54) is 24.5 Å². The molecule has 1 aromatic carbocycles. The summed E-state index contributed by atoms with van der Waals surface area (Å²) in [6.45, 7) is 6.64. The lowest BCUT2D eigenvalue weighted by Crippen LogP contribution is -2.44. The van der Waals surface area contributed by atoms with E-state index in [4.69, 9.17) is 17.0 Å². The molecule has 0 heterocycles. The van der Waals surface area contributed by atoms with Gasteiger partial charge in [-0.3, -0.25) is 14.9 Å². The third-order valence-electron chi connectivity index (χ3n) is 4.48. The first-order valence-corrected chi connectivity index (χ1v) is 9.25. The molecule has 0 saturated heterocycles. The minimum atomic E-state index is -0.988. The SMILES string of the molecule is CCN(CC)C(=S)NC(=O)[C@@H](OC(C)=O)c1ccc2c(c1)CCCC2. The Morgan fingerprint density at radius 3 is 2.44 bits per heavy atom. The van der Waals surface area contributed by atoms with E-state index in [1.807, 2.05) is 36.9 Å². The van der Waals surface area contributed by atoms with Gasteiger partial charge in [0.25, 0.3) is 5.91 Å². The summed E-state index contributed by atoms with van der Waals surface area (Å²) < 4.78 is 5.31. The lowest BCUT2D eigenvalue weighted by molar-refractivity contribution is -0.153. The Hall–Kier alpha value is -1.95. The number of rotatable bonds is 5. The summed E-state index contributed by atoms with van der Waals surface area (Å²) >= 11 is 5.28. The second-order valence-corrected chi connectivity index (χ2v) is 6.58. The molecule has 0 fully saturated rings. The number of nitrogens with one attached hydrogen (secondary N) is 1. The smallest absolute Gasteiger partial charge is 0.303 e. The maximum absolute atomic E-state index is 12.7. The molecule has 0 saturated carbocycles. The van der Waals surface area contributed by atoms with Crippen molar-refractivity contribution in [1.82, 2.24) is 10.2 Å². The number of benzene rings is 1. The Morgan fingerprint density at radius 2 is 1.84 bits per heavy atom. The van der Waals surface area contributed by atoms with Crippen molar-refractivity contribution >= 4 is 29.2 Å². The Morgan fingerprint density at radius 1 is 1.20 bits per heavy atom. The van der Waals surface area contributed by atoms with Crippen LogP contribution in [-0.4, -0.2) is 35.0 Å². The summed E-state index contributed by atoms with van der Waals surface area (Å²) in [7, 11) is 0. The lowest BCUT2D eigenvalue weighted by atomic mass is 9.89. The first-order valence-electron chi connectivity index (χ1n) is 8.84. The van der Waals surface area contributed by atoms with E-state index in [1.54, 1.807) is 0 Å². The number of hydrogen-bond donors (Lipinski definition) is 1. The van der Waals surface area contributed by atoms with Gasteiger partial charge in [-0.25, -0.2) is 0 Å². The molecule has 0 aliphatic heterocycles. The molecule has 1 N–H and O–H groups in total. The molecule has 1 aliphatic rings. The maximum Gasteiger partial charge on any atom is 0.303 e. The Balaban J connectivity index is 2.22. The van der Waals surface area contributed by atoms with Gasteiger partial charge in [0.1, 0.15) is 0 Å². The molecule has 136 valence electrons. The van der Waals surface area contributed by atoms with Crippen molar-refractivity contribution in [1.29, 1.82) is 0 Å². The number of hydrogen-bond acceptors (Lipinski definition) is 4. The van der Waals surface area contributed by atoms with Crippen LogP contribution in [0.1, 0.15) is 56.4 Å². The van der Waals surface area contributed by atoms with Crippen LogP contribution >= 0.6 is 12.2 Å². The molecule has 1 atom stereocenters. The number of aryl methyl sites for hydroxylation is 2. The van der Waals surface area contributed by atoms with Gasteiger partial charge in [-0.05, 0) is 62.9 Å². The predicted molar refractivity (Wildman–Crippen MR) is 101 cm³/mol. The van der Waals surface area contributed by atoms with Gasteiger partial charge < -0.3 is 9.64 Å². The fraction of sp³-hybridized carbons (Fsp3) is 0.526. The topological polar surface area (TPSA) is 58.6 Å².